The SMILES string of the molecule is O=C(O)[C@]1(CO)CCCN1CO. The van der Waals surface area contributed by atoms with Crippen molar-refractivity contribution < 1.29 is 20.1 Å². The van der Waals surface area contributed by atoms with Gasteiger partial charge < -0.3 is 15.3 Å². The second-order valence-electron chi connectivity index (χ2n) is 3.00. The Morgan fingerprint density at radius 3 is 2.50 bits per heavy atom. The standard InChI is InChI=1S/C7H13NO4/c9-4-7(6(11)12)2-1-3-8(7)5-10/h9-10H,1-5H2,(H,11,12)/t7-/m1/s1. The first kappa shape index (κ1) is 9.44. The van der Waals surface area contributed by atoms with Crippen LogP contribution in [0.25, 0.3) is 0 Å². The zero-order valence-electron chi connectivity index (χ0n) is 6.73. The van der Waals surface area contributed by atoms with E-state index in [9.17, 15) is 4.79 Å². The van der Waals surface area contributed by atoms with Crippen molar-refractivity contribution in [2.75, 3.05) is 19.9 Å². The first-order chi connectivity index (χ1) is 5.67. The van der Waals surface area contributed by atoms with E-state index < -0.39 is 18.1 Å². The van der Waals surface area contributed by atoms with Gasteiger partial charge in [0.2, 0.25) is 0 Å². The first-order valence-electron chi connectivity index (χ1n) is 3.87. The molecule has 0 radical (unpaired) electrons. The molecule has 0 amide bonds. The van der Waals surface area contributed by atoms with Crippen LogP contribution in [0.5, 0.6) is 0 Å². The summed E-state index contributed by atoms with van der Waals surface area (Å²) in [6.45, 7) is -0.223. The van der Waals surface area contributed by atoms with Crippen LogP contribution in [0.3, 0.4) is 0 Å². The van der Waals surface area contributed by atoms with E-state index in [1.54, 1.807) is 0 Å². The molecule has 5 heteroatoms. The summed E-state index contributed by atoms with van der Waals surface area (Å²) in [4.78, 5) is 12.2. The predicted octanol–water partition coefficient (Wildman–Crippen LogP) is -1.15. The Kier molecular flexibility index (Phi) is 2.66. The lowest BCUT2D eigenvalue weighted by molar-refractivity contribution is -0.155. The molecule has 0 unspecified atom stereocenters. The van der Waals surface area contributed by atoms with Crippen LogP contribution in [0.15, 0.2) is 0 Å². The normalized spacial score (nSPS) is 30.8. The Morgan fingerprint density at radius 2 is 2.17 bits per heavy atom. The van der Waals surface area contributed by atoms with Gasteiger partial charge in [0.15, 0.2) is 0 Å². The molecule has 1 aliphatic rings. The molecule has 0 aliphatic carbocycles. The molecule has 0 bridgehead atoms. The second-order valence-corrected chi connectivity index (χ2v) is 3.00. The molecule has 1 fully saturated rings. The van der Waals surface area contributed by atoms with Gasteiger partial charge in [-0.05, 0) is 12.8 Å². The minimum Gasteiger partial charge on any atom is -0.480 e. The van der Waals surface area contributed by atoms with Crippen molar-refractivity contribution in [1.29, 1.82) is 0 Å². The molecule has 1 atom stereocenters. The number of aliphatic hydroxyl groups excluding tert-OH is 2. The van der Waals surface area contributed by atoms with Crippen molar-refractivity contribution in [2.24, 2.45) is 0 Å². The first-order valence-corrected chi connectivity index (χ1v) is 3.87. The number of aliphatic hydroxyl groups is 2. The van der Waals surface area contributed by atoms with E-state index in [1.807, 2.05) is 0 Å². The van der Waals surface area contributed by atoms with Gasteiger partial charge in [0, 0.05) is 6.54 Å². The van der Waals surface area contributed by atoms with Gasteiger partial charge in [-0.1, -0.05) is 0 Å². The van der Waals surface area contributed by atoms with E-state index >= 15 is 0 Å². The molecule has 0 spiro atoms. The molecule has 0 saturated carbocycles. The summed E-state index contributed by atoms with van der Waals surface area (Å²) in [6.07, 6.45) is 1.10. The van der Waals surface area contributed by atoms with Gasteiger partial charge in [-0.25, -0.2) is 0 Å². The van der Waals surface area contributed by atoms with E-state index in [0.29, 0.717) is 19.4 Å². The smallest absolute Gasteiger partial charge is 0.326 e. The van der Waals surface area contributed by atoms with E-state index in [-0.39, 0.29) is 6.73 Å². The largest absolute Gasteiger partial charge is 0.480 e. The summed E-state index contributed by atoms with van der Waals surface area (Å²) < 4.78 is 0. The van der Waals surface area contributed by atoms with Crippen molar-refractivity contribution in [2.45, 2.75) is 18.4 Å². The lowest BCUT2D eigenvalue weighted by Gasteiger charge is -2.30. The van der Waals surface area contributed by atoms with Gasteiger partial charge >= 0.3 is 5.97 Å². The molecular weight excluding hydrogens is 162 g/mol. The highest BCUT2D eigenvalue weighted by atomic mass is 16.4. The van der Waals surface area contributed by atoms with Crippen molar-refractivity contribution in [1.82, 2.24) is 4.90 Å². The Hall–Kier alpha value is -0.650. The van der Waals surface area contributed by atoms with Crippen LogP contribution in [-0.2, 0) is 4.79 Å². The maximum Gasteiger partial charge on any atom is 0.326 e. The summed E-state index contributed by atoms with van der Waals surface area (Å²) >= 11 is 0. The third kappa shape index (κ3) is 1.20. The summed E-state index contributed by atoms with van der Waals surface area (Å²) in [7, 11) is 0. The second kappa shape index (κ2) is 3.38. The molecule has 0 aromatic heterocycles. The third-order valence-electron chi connectivity index (χ3n) is 2.45. The summed E-state index contributed by atoms with van der Waals surface area (Å²) in [5.41, 5.74) is -1.24. The molecular formula is C7H13NO4. The monoisotopic (exact) mass is 175 g/mol. The number of carboxylic acid groups (broad SMARTS) is 1. The molecule has 1 aliphatic heterocycles. The van der Waals surface area contributed by atoms with Crippen molar-refractivity contribution in [3.05, 3.63) is 0 Å². The van der Waals surface area contributed by atoms with Crippen molar-refractivity contribution in [3.63, 3.8) is 0 Å². The molecule has 1 rings (SSSR count). The predicted molar refractivity (Wildman–Crippen MR) is 40.5 cm³/mol. The lowest BCUT2D eigenvalue weighted by atomic mass is 9.98. The van der Waals surface area contributed by atoms with Crippen LogP contribution in [0, 0.1) is 0 Å². The maximum absolute atomic E-state index is 10.8. The summed E-state index contributed by atoms with van der Waals surface area (Å²) in [5, 5.41) is 26.6. The number of hydrogen-bond donors (Lipinski definition) is 3. The highest BCUT2D eigenvalue weighted by Crippen LogP contribution is 2.28. The van der Waals surface area contributed by atoms with Crippen LogP contribution in [0.4, 0.5) is 0 Å². The van der Waals surface area contributed by atoms with Crippen LogP contribution < -0.4 is 0 Å². The van der Waals surface area contributed by atoms with Gasteiger partial charge in [0.25, 0.3) is 0 Å². The summed E-state index contributed by atoms with van der Waals surface area (Å²) in [6, 6.07) is 0. The molecule has 70 valence electrons. The summed E-state index contributed by atoms with van der Waals surface area (Å²) in [5.74, 6) is -1.06. The van der Waals surface area contributed by atoms with Crippen LogP contribution in [0.1, 0.15) is 12.8 Å². The Morgan fingerprint density at radius 1 is 1.50 bits per heavy atom. The quantitative estimate of drug-likeness (QED) is 0.504. The number of aliphatic carboxylic acids is 1. The van der Waals surface area contributed by atoms with Crippen LogP contribution in [0.2, 0.25) is 0 Å². The topological polar surface area (TPSA) is 81.0 Å². The molecule has 12 heavy (non-hydrogen) atoms. The zero-order chi connectivity index (χ0) is 9.19. The average molecular weight is 175 g/mol. The molecule has 5 nitrogen and oxygen atoms in total. The molecule has 1 saturated heterocycles. The average Bonchev–Trinajstić information content (AvgIpc) is 2.47. The highest BCUT2D eigenvalue weighted by molar-refractivity contribution is 5.79. The van der Waals surface area contributed by atoms with E-state index in [2.05, 4.69) is 0 Å². The van der Waals surface area contributed by atoms with Gasteiger partial charge in [-0.15, -0.1) is 0 Å². The van der Waals surface area contributed by atoms with Gasteiger partial charge in [-0.3, -0.25) is 9.69 Å². The Bertz CT molecular complexity index is 184. The molecule has 3 N–H and O–H groups in total. The minimum atomic E-state index is -1.24. The van der Waals surface area contributed by atoms with Crippen LogP contribution in [-0.4, -0.2) is 51.6 Å². The highest BCUT2D eigenvalue weighted by Gasteiger charge is 2.46. The number of carboxylic acids is 1. The number of carbonyl (C=O) groups is 1. The van der Waals surface area contributed by atoms with E-state index in [4.69, 9.17) is 15.3 Å². The van der Waals surface area contributed by atoms with Gasteiger partial charge in [0.05, 0.1) is 13.3 Å². The third-order valence-corrected chi connectivity index (χ3v) is 2.45. The van der Waals surface area contributed by atoms with Crippen LogP contribution >= 0.6 is 0 Å². The molecule has 0 aromatic rings. The van der Waals surface area contributed by atoms with E-state index in [0.717, 1.165) is 0 Å². The molecule has 0 aromatic carbocycles. The molecule has 1 heterocycles. The van der Waals surface area contributed by atoms with Crippen molar-refractivity contribution >= 4 is 5.97 Å². The maximum atomic E-state index is 10.8. The van der Waals surface area contributed by atoms with Crippen molar-refractivity contribution in [3.8, 4) is 0 Å². The fourth-order valence-corrected chi connectivity index (χ4v) is 1.63. The number of hydrogen-bond acceptors (Lipinski definition) is 4. The zero-order valence-corrected chi connectivity index (χ0v) is 6.73. The fourth-order valence-electron chi connectivity index (χ4n) is 1.63. The van der Waals surface area contributed by atoms with E-state index in [1.165, 1.54) is 4.90 Å². The minimum absolute atomic E-state index is 0.313. The lowest BCUT2D eigenvalue weighted by Crippen LogP contribution is -2.53. The Balaban J connectivity index is 2.83. The van der Waals surface area contributed by atoms with Gasteiger partial charge in [-0.2, -0.15) is 0 Å². The number of nitrogens with zero attached hydrogens (tertiary/aromatic N) is 1. The number of likely N-dealkylation sites (tertiary alicyclic amines) is 1. The fraction of sp³-hybridized carbons (Fsp3) is 0.857. The Labute approximate surface area is 70.2 Å². The number of rotatable bonds is 3. The van der Waals surface area contributed by atoms with Gasteiger partial charge in [0.1, 0.15) is 5.54 Å².